The molecule has 3 aromatic heterocycles. The smallest absolute Gasteiger partial charge is 0.146 e. The van der Waals surface area contributed by atoms with Crippen LogP contribution in [0.2, 0.25) is 0 Å². The molecule has 1 saturated carbocycles. The van der Waals surface area contributed by atoms with Crippen molar-refractivity contribution in [3.8, 4) is 11.1 Å². The van der Waals surface area contributed by atoms with Crippen molar-refractivity contribution in [1.29, 1.82) is 0 Å². The third-order valence-electron chi connectivity index (χ3n) is 6.58. The van der Waals surface area contributed by atoms with Gasteiger partial charge in [0.15, 0.2) is 0 Å². The van der Waals surface area contributed by atoms with E-state index < -0.39 is 0 Å². The fourth-order valence-electron chi connectivity index (χ4n) is 4.73. The second kappa shape index (κ2) is 7.42. The summed E-state index contributed by atoms with van der Waals surface area (Å²) in [6.45, 7) is 1.39. The number of nitrogens with zero attached hydrogens (tertiary/aromatic N) is 6. The Balaban J connectivity index is 1.46. The number of nitrogens with two attached hydrogens (primary N) is 2. The molecule has 0 atom stereocenters. The van der Waals surface area contributed by atoms with Gasteiger partial charge in [-0.2, -0.15) is 0 Å². The van der Waals surface area contributed by atoms with Crippen molar-refractivity contribution in [2.75, 3.05) is 12.3 Å². The number of anilines is 1. The lowest BCUT2D eigenvalue weighted by Gasteiger charge is -2.35. The molecule has 3 heterocycles. The number of hydrogen-bond acceptors (Lipinski definition) is 6. The largest absolute Gasteiger partial charge is 0.383 e. The van der Waals surface area contributed by atoms with Crippen LogP contribution in [0.4, 0.5) is 5.82 Å². The highest BCUT2D eigenvalue weighted by Gasteiger charge is 2.31. The average Bonchev–Trinajstić information content (AvgIpc) is 3.36. The summed E-state index contributed by atoms with van der Waals surface area (Å²) in [7, 11) is 0. The van der Waals surface area contributed by atoms with Gasteiger partial charge in [-0.3, -0.25) is 0 Å². The van der Waals surface area contributed by atoms with Crippen molar-refractivity contribution in [2.45, 2.75) is 25.4 Å². The van der Waals surface area contributed by atoms with Crippen LogP contribution in [0.3, 0.4) is 0 Å². The molecule has 5 aromatic rings. The van der Waals surface area contributed by atoms with Crippen LogP contribution in [0.25, 0.3) is 33.2 Å². The SMILES string of the molecule is NCC1CC(n2cc(-c3ccc4nnn(Cc5ccccc5)c4c3)c3c(N)ncnc32)C1. The molecule has 1 fully saturated rings. The minimum atomic E-state index is 0.392. The Hall–Kier alpha value is -3.78. The van der Waals surface area contributed by atoms with Crippen molar-refractivity contribution in [3.63, 3.8) is 0 Å². The molecular formula is C24H24N8. The molecular weight excluding hydrogens is 400 g/mol. The molecule has 6 rings (SSSR count). The molecule has 0 aliphatic heterocycles. The van der Waals surface area contributed by atoms with Crippen LogP contribution >= 0.6 is 0 Å². The first-order valence-electron chi connectivity index (χ1n) is 10.9. The fourth-order valence-corrected chi connectivity index (χ4v) is 4.73. The van der Waals surface area contributed by atoms with E-state index >= 15 is 0 Å². The van der Waals surface area contributed by atoms with E-state index in [1.54, 1.807) is 6.33 Å². The minimum Gasteiger partial charge on any atom is -0.383 e. The number of aromatic nitrogens is 6. The zero-order valence-corrected chi connectivity index (χ0v) is 17.6. The van der Waals surface area contributed by atoms with Gasteiger partial charge in [-0.1, -0.05) is 41.6 Å². The van der Waals surface area contributed by atoms with Gasteiger partial charge in [0.1, 0.15) is 23.3 Å². The summed E-state index contributed by atoms with van der Waals surface area (Å²) in [4.78, 5) is 8.85. The quantitative estimate of drug-likeness (QED) is 0.447. The molecule has 0 radical (unpaired) electrons. The van der Waals surface area contributed by atoms with Crippen LogP contribution in [-0.2, 0) is 6.54 Å². The summed E-state index contributed by atoms with van der Waals surface area (Å²) >= 11 is 0. The third-order valence-corrected chi connectivity index (χ3v) is 6.58. The maximum atomic E-state index is 6.33. The summed E-state index contributed by atoms with van der Waals surface area (Å²) < 4.78 is 4.18. The Morgan fingerprint density at radius 1 is 1.03 bits per heavy atom. The molecule has 160 valence electrons. The molecule has 8 heteroatoms. The summed E-state index contributed by atoms with van der Waals surface area (Å²) in [5.41, 5.74) is 18.2. The molecule has 0 unspecified atom stereocenters. The van der Waals surface area contributed by atoms with Gasteiger partial charge in [-0.25, -0.2) is 14.6 Å². The van der Waals surface area contributed by atoms with E-state index in [9.17, 15) is 0 Å². The van der Waals surface area contributed by atoms with Crippen molar-refractivity contribution in [2.24, 2.45) is 11.7 Å². The number of nitrogen functional groups attached to an aromatic ring is 1. The molecule has 8 nitrogen and oxygen atoms in total. The van der Waals surface area contributed by atoms with E-state index in [-0.39, 0.29) is 0 Å². The summed E-state index contributed by atoms with van der Waals surface area (Å²) in [6, 6.07) is 16.9. The van der Waals surface area contributed by atoms with E-state index in [1.807, 2.05) is 28.9 Å². The average molecular weight is 425 g/mol. The van der Waals surface area contributed by atoms with Gasteiger partial charge in [0, 0.05) is 17.8 Å². The number of benzene rings is 2. The molecule has 1 aliphatic rings. The third kappa shape index (κ3) is 3.03. The van der Waals surface area contributed by atoms with Gasteiger partial charge in [0.2, 0.25) is 0 Å². The lowest BCUT2D eigenvalue weighted by Crippen LogP contribution is -2.31. The highest BCUT2D eigenvalue weighted by Crippen LogP contribution is 2.42. The van der Waals surface area contributed by atoms with E-state index in [2.05, 4.69) is 55.3 Å². The van der Waals surface area contributed by atoms with Crippen LogP contribution < -0.4 is 11.5 Å². The van der Waals surface area contributed by atoms with Gasteiger partial charge in [-0.15, -0.1) is 5.10 Å². The highest BCUT2D eigenvalue weighted by molar-refractivity contribution is 6.01. The van der Waals surface area contributed by atoms with Gasteiger partial charge in [0.05, 0.1) is 17.4 Å². The summed E-state index contributed by atoms with van der Waals surface area (Å²) in [5, 5.41) is 9.62. The molecule has 0 saturated heterocycles. The van der Waals surface area contributed by atoms with Gasteiger partial charge in [-0.05, 0) is 48.6 Å². The van der Waals surface area contributed by atoms with Crippen LogP contribution in [0.1, 0.15) is 24.4 Å². The van der Waals surface area contributed by atoms with Crippen molar-refractivity contribution >= 4 is 27.9 Å². The second-order valence-corrected chi connectivity index (χ2v) is 8.57. The Labute approximate surface area is 184 Å². The number of hydrogen-bond donors (Lipinski definition) is 2. The summed E-state index contributed by atoms with van der Waals surface area (Å²) in [6.07, 6.45) is 5.84. The van der Waals surface area contributed by atoms with E-state index in [0.717, 1.165) is 52.6 Å². The molecule has 0 bridgehead atoms. The first kappa shape index (κ1) is 18.9. The van der Waals surface area contributed by atoms with E-state index in [0.29, 0.717) is 24.3 Å². The Morgan fingerprint density at radius 3 is 2.69 bits per heavy atom. The molecule has 2 aromatic carbocycles. The van der Waals surface area contributed by atoms with Crippen molar-refractivity contribution in [3.05, 3.63) is 66.6 Å². The van der Waals surface area contributed by atoms with Crippen molar-refractivity contribution in [1.82, 2.24) is 29.5 Å². The van der Waals surface area contributed by atoms with Crippen LogP contribution in [0.15, 0.2) is 61.1 Å². The zero-order chi connectivity index (χ0) is 21.7. The van der Waals surface area contributed by atoms with Crippen molar-refractivity contribution < 1.29 is 0 Å². The predicted molar refractivity (Wildman–Crippen MR) is 125 cm³/mol. The molecule has 1 aliphatic carbocycles. The van der Waals surface area contributed by atoms with Gasteiger partial charge in [0.25, 0.3) is 0 Å². The molecule has 4 N–H and O–H groups in total. The molecule has 0 spiro atoms. The summed E-state index contributed by atoms with van der Waals surface area (Å²) in [5.74, 6) is 1.07. The molecule has 32 heavy (non-hydrogen) atoms. The monoisotopic (exact) mass is 424 g/mol. The van der Waals surface area contributed by atoms with Crippen LogP contribution in [0.5, 0.6) is 0 Å². The Kier molecular flexibility index (Phi) is 4.39. The molecule has 0 amide bonds. The maximum Gasteiger partial charge on any atom is 0.146 e. The Morgan fingerprint density at radius 2 is 1.88 bits per heavy atom. The lowest BCUT2D eigenvalue weighted by atomic mass is 9.80. The number of fused-ring (bicyclic) bond motifs is 2. The predicted octanol–water partition coefficient (Wildman–Crippen LogP) is 3.38. The Bertz CT molecular complexity index is 1410. The minimum absolute atomic E-state index is 0.392. The van der Waals surface area contributed by atoms with Crippen LogP contribution in [0, 0.1) is 5.92 Å². The van der Waals surface area contributed by atoms with Gasteiger partial charge < -0.3 is 16.0 Å². The maximum absolute atomic E-state index is 6.33. The normalized spacial score (nSPS) is 18.3. The standard InChI is InChI=1S/C24H24N8/c25-11-16-8-18(9-16)31-13-19(22-23(26)27-14-28-24(22)31)17-6-7-20-21(10-17)32(30-29-20)12-15-4-2-1-3-5-15/h1-7,10,13-14,16,18H,8-9,11-12,25H2,(H2,26,27,28). The second-order valence-electron chi connectivity index (χ2n) is 8.57. The highest BCUT2D eigenvalue weighted by atomic mass is 15.4. The fraction of sp³-hybridized carbons (Fsp3) is 0.250. The number of rotatable bonds is 5. The topological polar surface area (TPSA) is 113 Å². The van der Waals surface area contributed by atoms with E-state index in [1.165, 1.54) is 5.56 Å². The van der Waals surface area contributed by atoms with Crippen LogP contribution in [-0.4, -0.2) is 36.1 Å². The van der Waals surface area contributed by atoms with Gasteiger partial charge >= 0.3 is 0 Å². The zero-order valence-electron chi connectivity index (χ0n) is 17.6. The van der Waals surface area contributed by atoms with E-state index in [4.69, 9.17) is 11.5 Å². The first-order chi connectivity index (χ1) is 15.7. The first-order valence-corrected chi connectivity index (χ1v) is 10.9. The lowest BCUT2D eigenvalue weighted by molar-refractivity contribution is 0.209.